The highest BCUT2D eigenvalue weighted by Gasteiger charge is 2.15. The molecular weight excluding hydrogens is 423 g/mol. The third-order valence-corrected chi connectivity index (χ3v) is 5.02. The maximum atomic E-state index is 13.9. The molecule has 3 heterocycles. The van der Waals surface area contributed by atoms with E-state index in [0.29, 0.717) is 34.0 Å². The normalized spacial score (nSPS) is 11.2. The number of nitrogens with zero attached hydrogens (tertiary/aromatic N) is 3. The maximum Gasteiger partial charge on any atom is 0.287 e. The minimum atomic E-state index is -0.357. The summed E-state index contributed by atoms with van der Waals surface area (Å²) in [5.74, 6) is -0.0485. The van der Waals surface area contributed by atoms with Crippen molar-refractivity contribution in [3.63, 3.8) is 0 Å². The Balaban J connectivity index is 1.47. The van der Waals surface area contributed by atoms with E-state index in [1.807, 2.05) is 5.38 Å². The fourth-order valence-electron chi connectivity index (χ4n) is 2.48. The molecule has 0 saturated heterocycles. The van der Waals surface area contributed by atoms with E-state index in [9.17, 15) is 9.18 Å². The van der Waals surface area contributed by atoms with Crippen molar-refractivity contribution in [1.29, 1.82) is 0 Å². The van der Waals surface area contributed by atoms with Gasteiger partial charge >= 0.3 is 0 Å². The van der Waals surface area contributed by atoms with Crippen LogP contribution in [0.4, 0.5) is 4.39 Å². The molecule has 0 radical (unpaired) electrons. The second-order valence-corrected chi connectivity index (χ2v) is 7.06. The largest absolute Gasteiger partial charge is 0.444 e. The molecule has 4 rings (SSSR count). The van der Waals surface area contributed by atoms with Crippen molar-refractivity contribution in [3.8, 4) is 11.4 Å². The molecule has 0 aliphatic carbocycles. The number of carbonyl (C=O) groups excluding carboxylic acids is 1. The topological polar surface area (TPSA) is 72.4 Å². The van der Waals surface area contributed by atoms with E-state index >= 15 is 0 Å². The van der Waals surface area contributed by atoms with Crippen LogP contribution in [0.15, 0.2) is 50.9 Å². The van der Waals surface area contributed by atoms with Gasteiger partial charge in [0.2, 0.25) is 4.96 Å². The number of fused-ring (bicyclic) bond motifs is 1. The van der Waals surface area contributed by atoms with Gasteiger partial charge in [-0.1, -0.05) is 12.1 Å². The Kier molecular flexibility index (Phi) is 4.56. The fraction of sp³-hybridized carbons (Fsp3) is 0.118. The van der Waals surface area contributed by atoms with Crippen molar-refractivity contribution >= 4 is 38.1 Å². The molecule has 26 heavy (non-hydrogen) atoms. The molecule has 132 valence electrons. The lowest BCUT2D eigenvalue weighted by molar-refractivity contribution is 0.0925. The Morgan fingerprint density at radius 2 is 2.15 bits per heavy atom. The number of furan rings is 1. The van der Waals surface area contributed by atoms with Crippen LogP contribution in [0.3, 0.4) is 0 Å². The van der Waals surface area contributed by atoms with Crippen LogP contribution in [0.1, 0.15) is 16.2 Å². The monoisotopic (exact) mass is 434 g/mol. The maximum absolute atomic E-state index is 13.9. The van der Waals surface area contributed by atoms with E-state index in [1.54, 1.807) is 34.8 Å². The number of benzene rings is 1. The summed E-state index contributed by atoms with van der Waals surface area (Å²) >= 11 is 4.59. The molecule has 0 aliphatic rings. The van der Waals surface area contributed by atoms with E-state index in [1.165, 1.54) is 17.4 Å². The number of halogens is 2. The van der Waals surface area contributed by atoms with E-state index in [0.717, 1.165) is 5.69 Å². The average molecular weight is 435 g/mol. The van der Waals surface area contributed by atoms with Gasteiger partial charge in [-0.25, -0.2) is 8.91 Å². The van der Waals surface area contributed by atoms with Crippen molar-refractivity contribution < 1.29 is 13.6 Å². The van der Waals surface area contributed by atoms with Crippen molar-refractivity contribution in [2.75, 3.05) is 6.54 Å². The van der Waals surface area contributed by atoms with Crippen LogP contribution in [-0.4, -0.2) is 27.0 Å². The van der Waals surface area contributed by atoms with Gasteiger partial charge < -0.3 is 9.73 Å². The minimum absolute atomic E-state index is 0.245. The van der Waals surface area contributed by atoms with E-state index in [2.05, 4.69) is 31.3 Å². The first-order chi connectivity index (χ1) is 12.6. The highest BCUT2D eigenvalue weighted by molar-refractivity contribution is 9.10. The highest BCUT2D eigenvalue weighted by Crippen LogP contribution is 2.23. The molecule has 4 aromatic rings. The number of hydrogen-bond acceptors (Lipinski definition) is 5. The van der Waals surface area contributed by atoms with Gasteiger partial charge in [0, 0.05) is 18.3 Å². The molecule has 1 aromatic carbocycles. The van der Waals surface area contributed by atoms with E-state index < -0.39 is 0 Å². The quantitative estimate of drug-likeness (QED) is 0.516. The first-order valence-corrected chi connectivity index (χ1v) is 9.40. The van der Waals surface area contributed by atoms with Gasteiger partial charge in [0.05, 0.1) is 11.3 Å². The molecule has 1 amide bonds. The summed E-state index contributed by atoms with van der Waals surface area (Å²) in [5.41, 5.74) is 1.26. The molecule has 6 nitrogen and oxygen atoms in total. The summed E-state index contributed by atoms with van der Waals surface area (Å²) in [7, 11) is 0. The van der Waals surface area contributed by atoms with Crippen LogP contribution in [0.25, 0.3) is 16.3 Å². The third kappa shape index (κ3) is 3.27. The lowest BCUT2D eigenvalue weighted by Crippen LogP contribution is -2.25. The number of thiazole rings is 1. The SMILES string of the molecule is O=C(NCCc1csc2nc(-c3ccccc3F)nn12)c1ccc(Br)o1. The number of hydrogen-bond donors (Lipinski definition) is 1. The first-order valence-electron chi connectivity index (χ1n) is 7.73. The second-order valence-electron chi connectivity index (χ2n) is 5.45. The number of carbonyl (C=O) groups is 1. The summed E-state index contributed by atoms with van der Waals surface area (Å²) < 4.78 is 21.3. The molecular formula is C17H12BrFN4O2S. The predicted octanol–water partition coefficient (Wildman–Crippen LogP) is 3.92. The number of aromatic nitrogens is 3. The lowest BCUT2D eigenvalue weighted by Gasteiger charge is -2.02. The van der Waals surface area contributed by atoms with E-state index in [-0.39, 0.29) is 17.5 Å². The van der Waals surface area contributed by atoms with E-state index in [4.69, 9.17) is 4.42 Å². The molecule has 1 N–H and O–H groups in total. The van der Waals surface area contributed by atoms with Gasteiger partial charge in [0.1, 0.15) is 5.82 Å². The predicted molar refractivity (Wildman–Crippen MR) is 98.7 cm³/mol. The minimum Gasteiger partial charge on any atom is -0.444 e. The third-order valence-electron chi connectivity index (χ3n) is 3.73. The van der Waals surface area contributed by atoms with Crippen LogP contribution in [0.2, 0.25) is 0 Å². The standard InChI is InChI=1S/C17H12BrFN4O2S/c18-14-6-5-13(25-14)16(24)20-8-7-10-9-26-17-21-15(22-23(10)17)11-3-1-2-4-12(11)19/h1-6,9H,7-8H2,(H,20,24). The first kappa shape index (κ1) is 16.9. The van der Waals surface area contributed by atoms with Crippen LogP contribution < -0.4 is 5.32 Å². The van der Waals surface area contributed by atoms with Crippen molar-refractivity contribution in [2.45, 2.75) is 6.42 Å². The second kappa shape index (κ2) is 7.00. The van der Waals surface area contributed by atoms with Gasteiger partial charge in [-0.3, -0.25) is 4.79 Å². The van der Waals surface area contributed by atoms with Crippen LogP contribution in [0.5, 0.6) is 0 Å². The van der Waals surface area contributed by atoms with Crippen LogP contribution in [-0.2, 0) is 6.42 Å². The zero-order valence-corrected chi connectivity index (χ0v) is 15.7. The number of rotatable bonds is 5. The van der Waals surface area contributed by atoms with Gasteiger partial charge in [-0.05, 0) is 40.2 Å². The summed E-state index contributed by atoms with van der Waals surface area (Å²) in [4.78, 5) is 17.0. The van der Waals surface area contributed by atoms with Gasteiger partial charge in [-0.2, -0.15) is 4.98 Å². The molecule has 9 heteroatoms. The summed E-state index contributed by atoms with van der Waals surface area (Å²) in [6, 6.07) is 9.67. The lowest BCUT2D eigenvalue weighted by atomic mass is 10.2. The van der Waals surface area contributed by atoms with Crippen LogP contribution >= 0.6 is 27.3 Å². The molecule has 0 bridgehead atoms. The molecule has 0 spiro atoms. The van der Waals surface area contributed by atoms with Gasteiger partial charge in [0.15, 0.2) is 16.3 Å². The van der Waals surface area contributed by atoms with Gasteiger partial charge in [-0.15, -0.1) is 16.4 Å². The molecule has 0 fully saturated rings. The Morgan fingerprint density at radius 3 is 2.92 bits per heavy atom. The fourth-order valence-corrected chi connectivity index (χ4v) is 3.64. The van der Waals surface area contributed by atoms with Crippen LogP contribution in [0, 0.1) is 5.82 Å². The summed E-state index contributed by atoms with van der Waals surface area (Å²) in [6.45, 7) is 0.415. The Morgan fingerprint density at radius 1 is 1.31 bits per heavy atom. The zero-order valence-electron chi connectivity index (χ0n) is 13.3. The van der Waals surface area contributed by atoms with Crippen molar-refractivity contribution in [3.05, 3.63) is 63.7 Å². The molecule has 0 atom stereocenters. The number of amides is 1. The Hall–Kier alpha value is -2.52. The highest BCUT2D eigenvalue weighted by atomic mass is 79.9. The molecule has 0 unspecified atom stereocenters. The average Bonchev–Trinajstić information content (AvgIpc) is 3.32. The molecule has 3 aromatic heterocycles. The van der Waals surface area contributed by atoms with Gasteiger partial charge in [0.25, 0.3) is 5.91 Å². The number of nitrogens with one attached hydrogen (secondary N) is 1. The van der Waals surface area contributed by atoms with Crippen molar-refractivity contribution in [2.24, 2.45) is 0 Å². The van der Waals surface area contributed by atoms with Crippen molar-refractivity contribution in [1.82, 2.24) is 19.9 Å². The Labute approximate surface area is 159 Å². The molecule has 0 saturated carbocycles. The zero-order chi connectivity index (χ0) is 18.1. The summed E-state index contributed by atoms with van der Waals surface area (Å²) in [6.07, 6.45) is 0.563. The Bertz CT molecular complexity index is 1090. The molecule has 0 aliphatic heterocycles. The summed E-state index contributed by atoms with van der Waals surface area (Å²) in [5, 5.41) is 9.12. The smallest absolute Gasteiger partial charge is 0.287 e.